The van der Waals surface area contributed by atoms with Crippen molar-refractivity contribution < 1.29 is 19.7 Å². The number of carboxylic acid groups (broad SMARTS) is 1. The Morgan fingerprint density at radius 3 is 2.72 bits per heavy atom. The van der Waals surface area contributed by atoms with Crippen molar-refractivity contribution in [2.24, 2.45) is 5.73 Å². The second kappa shape index (κ2) is 6.37. The second-order valence-corrected chi connectivity index (χ2v) is 4.40. The van der Waals surface area contributed by atoms with Gasteiger partial charge in [-0.2, -0.15) is 0 Å². The molecule has 0 aliphatic heterocycles. The molecule has 0 spiro atoms. The normalized spacial score (nSPS) is 13.9. The molecule has 1 aromatic carbocycles. The number of rotatable bonds is 7. The summed E-state index contributed by atoms with van der Waals surface area (Å²) in [6.07, 6.45) is 0.727. The number of aliphatic hydroxyl groups is 1. The van der Waals surface area contributed by atoms with Crippen molar-refractivity contribution in [3.8, 4) is 5.75 Å². The van der Waals surface area contributed by atoms with Crippen LogP contribution in [0, 0.1) is 0 Å². The molecule has 5 heteroatoms. The number of ether oxygens (including phenoxy) is 1. The first-order chi connectivity index (χ1) is 8.47. The number of aliphatic carboxylic acids is 1. The van der Waals surface area contributed by atoms with Gasteiger partial charge < -0.3 is 20.7 Å². The Balaban J connectivity index is 2.56. The Labute approximate surface area is 106 Å². The molecule has 0 fully saturated rings. The molecule has 0 heterocycles. The van der Waals surface area contributed by atoms with Gasteiger partial charge >= 0.3 is 5.97 Å². The Hall–Kier alpha value is -1.59. The monoisotopic (exact) mass is 253 g/mol. The van der Waals surface area contributed by atoms with Gasteiger partial charge in [0.25, 0.3) is 0 Å². The van der Waals surface area contributed by atoms with Crippen molar-refractivity contribution in [3.63, 3.8) is 0 Å². The molecule has 0 aliphatic rings. The van der Waals surface area contributed by atoms with Gasteiger partial charge in [0, 0.05) is 13.0 Å². The summed E-state index contributed by atoms with van der Waals surface area (Å²) in [5, 5.41) is 17.8. The molecule has 0 aromatic heterocycles. The van der Waals surface area contributed by atoms with Crippen molar-refractivity contribution >= 4 is 5.97 Å². The SMILES string of the molecule is CC(N)(CCOc1ccccc1CCO)C(=O)O. The van der Waals surface area contributed by atoms with Crippen LogP contribution in [0.4, 0.5) is 0 Å². The van der Waals surface area contributed by atoms with Gasteiger partial charge in [-0.25, -0.2) is 0 Å². The van der Waals surface area contributed by atoms with Crippen LogP contribution in [0.2, 0.25) is 0 Å². The fraction of sp³-hybridized carbons (Fsp3) is 0.462. The van der Waals surface area contributed by atoms with Crippen LogP contribution >= 0.6 is 0 Å². The predicted molar refractivity (Wildman–Crippen MR) is 67.6 cm³/mol. The lowest BCUT2D eigenvalue weighted by Crippen LogP contribution is -2.45. The second-order valence-electron chi connectivity index (χ2n) is 4.40. The quantitative estimate of drug-likeness (QED) is 0.668. The Kier molecular flexibility index (Phi) is 5.12. The molecule has 0 saturated heterocycles. The third-order valence-electron chi connectivity index (χ3n) is 2.72. The zero-order valence-corrected chi connectivity index (χ0v) is 10.4. The zero-order valence-electron chi connectivity index (χ0n) is 10.4. The lowest BCUT2D eigenvalue weighted by molar-refractivity contribution is -0.143. The number of nitrogens with two attached hydrogens (primary N) is 1. The molecule has 4 N–H and O–H groups in total. The molecule has 1 aromatic rings. The van der Waals surface area contributed by atoms with E-state index in [1.807, 2.05) is 18.2 Å². The maximum Gasteiger partial charge on any atom is 0.323 e. The molecule has 5 nitrogen and oxygen atoms in total. The summed E-state index contributed by atoms with van der Waals surface area (Å²) in [6, 6.07) is 7.35. The van der Waals surface area contributed by atoms with Crippen LogP contribution in [-0.2, 0) is 11.2 Å². The lowest BCUT2D eigenvalue weighted by Gasteiger charge is -2.19. The van der Waals surface area contributed by atoms with Crippen molar-refractivity contribution in [2.45, 2.75) is 25.3 Å². The first-order valence-electron chi connectivity index (χ1n) is 5.81. The van der Waals surface area contributed by atoms with Crippen LogP contribution in [0.25, 0.3) is 0 Å². The molecular formula is C13H19NO4. The number of benzene rings is 1. The molecule has 18 heavy (non-hydrogen) atoms. The van der Waals surface area contributed by atoms with Crippen molar-refractivity contribution in [2.75, 3.05) is 13.2 Å². The van der Waals surface area contributed by atoms with E-state index in [0.29, 0.717) is 12.2 Å². The van der Waals surface area contributed by atoms with Crippen molar-refractivity contribution in [3.05, 3.63) is 29.8 Å². The summed E-state index contributed by atoms with van der Waals surface area (Å²) in [5.74, 6) is -0.387. The fourth-order valence-electron chi connectivity index (χ4n) is 1.45. The van der Waals surface area contributed by atoms with Crippen LogP contribution in [-0.4, -0.2) is 34.9 Å². The van der Waals surface area contributed by atoms with E-state index < -0.39 is 11.5 Å². The van der Waals surface area contributed by atoms with E-state index in [0.717, 1.165) is 5.56 Å². The molecule has 0 bridgehead atoms. The highest BCUT2D eigenvalue weighted by atomic mass is 16.5. The van der Waals surface area contributed by atoms with E-state index >= 15 is 0 Å². The summed E-state index contributed by atoms with van der Waals surface area (Å²) in [7, 11) is 0. The van der Waals surface area contributed by atoms with E-state index in [9.17, 15) is 4.79 Å². The molecular weight excluding hydrogens is 234 g/mol. The smallest absolute Gasteiger partial charge is 0.323 e. The van der Waals surface area contributed by atoms with Gasteiger partial charge in [-0.15, -0.1) is 0 Å². The first kappa shape index (κ1) is 14.5. The van der Waals surface area contributed by atoms with E-state index in [1.165, 1.54) is 6.92 Å². The van der Waals surface area contributed by atoms with E-state index in [1.54, 1.807) is 6.07 Å². The third kappa shape index (κ3) is 4.01. The molecule has 0 radical (unpaired) electrons. The highest BCUT2D eigenvalue weighted by Crippen LogP contribution is 2.19. The minimum atomic E-state index is -1.29. The molecule has 100 valence electrons. The molecule has 1 unspecified atom stereocenters. The van der Waals surface area contributed by atoms with Crippen LogP contribution < -0.4 is 10.5 Å². The average Bonchev–Trinajstić information content (AvgIpc) is 2.31. The number of para-hydroxylation sites is 1. The minimum absolute atomic E-state index is 0.0457. The summed E-state index contributed by atoms with van der Waals surface area (Å²) < 4.78 is 5.52. The van der Waals surface area contributed by atoms with E-state index in [-0.39, 0.29) is 19.6 Å². The molecule has 0 saturated carbocycles. The van der Waals surface area contributed by atoms with Crippen molar-refractivity contribution in [1.82, 2.24) is 0 Å². The molecule has 1 rings (SSSR count). The van der Waals surface area contributed by atoms with Crippen LogP contribution in [0.5, 0.6) is 5.75 Å². The fourth-order valence-corrected chi connectivity index (χ4v) is 1.45. The topological polar surface area (TPSA) is 92.8 Å². The summed E-state index contributed by atoms with van der Waals surface area (Å²) in [4.78, 5) is 10.8. The minimum Gasteiger partial charge on any atom is -0.493 e. The van der Waals surface area contributed by atoms with Gasteiger partial charge in [-0.3, -0.25) is 4.79 Å². The Morgan fingerprint density at radius 1 is 1.44 bits per heavy atom. The van der Waals surface area contributed by atoms with Gasteiger partial charge in [0.1, 0.15) is 11.3 Å². The first-order valence-corrected chi connectivity index (χ1v) is 5.81. The zero-order chi connectivity index (χ0) is 13.6. The van der Waals surface area contributed by atoms with Crippen LogP contribution in [0.3, 0.4) is 0 Å². The number of carbonyl (C=O) groups is 1. The predicted octanol–water partition coefficient (Wildman–Crippen LogP) is 0.792. The molecule has 0 aliphatic carbocycles. The molecule has 0 amide bonds. The van der Waals surface area contributed by atoms with Gasteiger partial charge in [0.15, 0.2) is 0 Å². The van der Waals surface area contributed by atoms with Crippen LogP contribution in [0.15, 0.2) is 24.3 Å². The average molecular weight is 253 g/mol. The van der Waals surface area contributed by atoms with Gasteiger partial charge in [0.2, 0.25) is 0 Å². The highest BCUT2D eigenvalue weighted by molar-refractivity contribution is 5.77. The van der Waals surface area contributed by atoms with Gasteiger partial charge in [0.05, 0.1) is 6.61 Å². The van der Waals surface area contributed by atoms with E-state index in [4.69, 9.17) is 20.7 Å². The largest absolute Gasteiger partial charge is 0.493 e. The Bertz CT molecular complexity index is 404. The Morgan fingerprint density at radius 2 is 2.11 bits per heavy atom. The van der Waals surface area contributed by atoms with Gasteiger partial charge in [-0.1, -0.05) is 18.2 Å². The van der Waals surface area contributed by atoms with E-state index in [2.05, 4.69) is 0 Å². The highest BCUT2D eigenvalue weighted by Gasteiger charge is 2.27. The number of carboxylic acids is 1. The number of hydrogen-bond acceptors (Lipinski definition) is 4. The number of aliphatic hydroxyl groups excluding tert-OH is 1. The van der Waals surface area contributed by atoms with Crippen molar-refractivity contribution in [1.29, 1.82) is 0 Å². The maximum absolute atomic E-state index is 10.8. The summed E-state index contributed by atoms with van der Waals surface area (Å²) in [5.41, 5.74) is 5.21. The lowest BCUT2D eigenvalue weighted by atomic mass is 10.0. The van der Waals surface area contributed by atoms with Gasteiger partial charge in [-0.05, 0) is 25.0 Å². The standard InChI is InChI=1S/C13H19NO4/c1-13(14,12(16)17)7-9-18-11-5-3-2-4-10(11)6-8-15/h2-5,15H,6-9,14H2,1H3,(H,16,17). The summed E-state index contributed by atoms with van der Waals surface area (Å²) >= 11 is 0. The number of hydrogen-bond donors (Lipinski definition) is 3. The third-order valence-corrected chi connectivity index (χ3v) is 2.72. The van der Waals surface area contributed by atoms with Crippen LogP contribution in [0.1, 0.15) is 18.9 Å². The molecule has 1 atom stereocenters. The maximum atomic E-state index is 10.8. The summed E-state index contributed by atoms with van der Waals surface area (Å²) in [6.45, 7) is 1.73.